The zero-order chi connectivity index (χ0) is 18.6. The number of benzene rings is 1. The van der Waals surface area contributed by atoms with Crippen LogP contribution in [0.5, 0.6) is 11.6 Å². The van der Waals surface area contributed by atoms with Crippen molar-refractivity contribution in [3.63, 3.8) is 0 Å². The van der Waals surface area contributed by atoms with Crippen molar-refractivity contribution in [1.82, 2.24) is 4.98 Å². The summed E-state index contributed by atoms with van der Waals surface area (Å²) in [4.78, 5) is 3.94. The van der Waals surface area contributed by atoms with Gasteiger partial charge >= 0.3 is 6.18 Å². The number of aromatic nitrogens is 1. The second kappa shape index (κ2) is 8.64. The Hall–Kier alpha value is -0.930. The van der Waals surface area contributed by atoms with Gasteiger partial charge in [0.05, 0.1) is 32.8 Å². The van der Waals surface area contributed by atoms with E-state index in [0.29, 0.717) is 20.0 Å². The number of halogens is 6. The molecule has 1 aromatic carbocycles. The molecule has 0 spiro atoms. The quantitative estimate of drug-likeness (QED) is 0.465. The van der Waals surface area contributed by atoms with Gasteiger partial charge in [0.15, 0.2) is 5.75 Å². The number of nitrogens with zero attached hydrogens (tertiary/aromatic N) is 1. The van der Waals surface area contributed by atoms with Gasteiger partial charge in [-0.1, -0.05) is 29.3 Å². The summed E-state index contributed by atoms with van der Waals surface area (Å²) in [6.45, 7) is -0.534. The molecule has 2 aromatic rings. The fraction of sp³-hybridized carbons (Fsp3) is 0.312. The molecule has 0 aliphatic heterocycles. The van der Waals surface area contributed by atoms with Gasteiger partial charge in [0.25, 0.3) is 0 Å². The Morgan fingerprint density at radius 2 is 1.92 bits per heavy atom. The van der Waals surface area contributed by atoms with Crippen LogP contribution < -0.4 is 9.47 Å². The minimum Gasteiger partial charge on any atom is -0.490 e. The lowest BCUT2D eigenvalue weighted by Crippen LogP contribution is -2.30. The first kappa shape index (κ1) is 20.4. The number of pyridine rings is 1. The van der Waals surface area contributed by atoms with E-state index in [4.69, 9.17) is 32.7 Å². The molecule has 0 saturated heterocycles. The van der Waals surface area contributed by atoms with E-state index in [1.54, 1.807) is 6.07 Å². The topological polar surface area (TPSA) is 31.4 Å². The van der Waals surface area contributed by atoms with E-state index in [0.717, 1.165) is 0 Å². The highest BCUT2D eigenvalue weighted by Gasteiger charge is 2.40. The summed E-state index contributed by atoms with van der Waals surface area (Å²) in [5, 5.41) is 0.513. The molecular weight excluding hydrogens is 493 g/mol. The average molecular weight is 506 g/mol. The maximum Gasteiger partial charge on any atom is 0.395 e. The van der Waals surface area contributed by atoms with Gasteiger partial charge in [0.1, 0.15) is 6.61 Å². The summed E-state index contributed by atoms with van der Waals surface area (Å²) in [7, 11) is 1.45. The lowest BCUT2D eigenvalue weighted by Gasteiger charge is -2.21. The zero-order valence-corrected chi connectivity index (χ0v) is 16.6. The van der Waals surface area contributed by atoms with Crippen LogP contribution in [0, 0.1) is 9.49 Å². The highest BCUT2D eigenvalue weighted by molar-refractivity contribution is 14.1. The van der Waals surface area contributed by atoms with Crippen molar-refractivity contribution in [1.29, 1.82) is 0 Å². The molecule has 0 fully saturated rings. The SMILES string of the molecule is COc1cc(I)c(OCC(Cc2ccc(Cl)c(Cl)c2)C(F)(F)F)cn1. The molecule has 1 atom stereocenters. The van der Waals surface area contributed by atoms with E-state index in [2.05, 4.69) is 4.98 Å². The first-order valence-electron chi connectivity index (χ1n) is 7.03. The van der Waals surface area contributed by atoms with Crippen LogP contribution in [-0.2, 0) is 6.42 Å². The summed E-state index contributed by atoms with van der Waals surface area (Å²) in [6.07, 6.45) is -3.34. The molecule has 1 aromatic heterocycles. The molecule has 25 heavy (non-hydrogen) atoms. The summed E-state index contributed by atoms with van der Waals surface area (Å²) >= 11 is 13.6. The van der Waals surface area contributed by atoms with Crippen LogP contribution in [0.3, 0.4) is 0 Å². The molecule has 2 rings (SSSR count). The van der Waals surface area contributed by atoms with E-state index < -0.39 is 18.7 Å². The second-order valence-corrected chi connectivity index (χ2v) is 7.14. The predicted molar refractivity (Wildman–Crippen MR) is 98.7 cm³/mol. The molecule has 1 unspecified atom stereocenters. The molecule has 0 amide bonds. The zero-order valence-electron chi connectivity index (χ0n) is 12.9. The Bertz CT molecular complexity index is 744. The molecule has 0 N–H and O–H groups in total. The monoisotopic (exact) mass is 505 g/mol. The molecule has 3 nitrogen and oxygen atoms in total. The maximum absolute atomic E-state index is 13.3. The third kappa shape index (κ3) is 5.79. The standard InChI is InChI=1S/C16H13Cl2F3INO2/c1-24-15-6-13(22)14(7-23-15)25-8-10(16(19,20)21)4-9-2-3-11(17)12(18)5-9/h2-3,5-7,10H,4,8H2,1H3. The highest BCUT2D eigenvalue weighted by Crippen LogP contribution is 2.32. The summed E-state index contributed by atoms with van der Waals surface area (Å²) in [5.41, 5.74) is 0.433. The average Bonchev–Trinajstić information content (AvgIpc) is 2.54. The largest absolute Gasteiger partial charge is 0.490 e. The molecule has 0 bridgehead atoms. The van der Waals surface area contributed by atoms with Crippen molar-refractivity contribution >= 4 is 45.8 Å². The number of hydrogen-bond donors (Lipinski definition) is 0. The van der Waals surface area contributed by atoms with E-state index in [-0.39, 0.29) is 17.2 Å². The van der Waals surface area contributed by atoms with Crippen LogP contribution in [-0.4, -0.2) is 24.9 Å². The van der Waals surface area contributed by atoms with E-state index in [9.17, 15) is 13.2 Å². The Balaban J connectivity index is 2.12. The number of ether oxygens (including phenoxy) is 2. The Kier molecular flexibility index (Phi) is 7.04. The van der Waals surface area contributed by atoms with Crippen molar-refractivity contribution in [2.75, 3.05) is 13.7 Å². The summed E-state index contributed by atoms with van der Waals surface area (Å²) < 4.78 is 50.9. The van der Waals surface area contributed by atoms with Crippen molar-refractivity contribution in [2.24, 2.45) is 5.92 Å². The number of hydrogen-bond acceptors (Lipinski definition) is 3. The van der Waals surface area contributed by atoms with Crippen LogP contribution in [0.25, 0.3) is 0 Å². The van der Waals surface area contributed by atoms with Crippen LogP contribution in [0.15, 0.2) is 30.5 Å². The lowest BCUT2D eigenvalue weighted by molar-refractivity contribution is -0.181. The Morgan fingerprint density at radius 3 is 2.48 bits per heavy atom. The summed E-state index contributed by atoms with van der Waals surface area (Å²) in [5.74, 6) is -1.06. The fourth-order valence-electron chi connectivity index (χ4n) is 2.03. The first-order valence-corrected chi connectivity index (χ1v) is 8.87. The molecule has 0 radical (unpaired) electrons. The number of alkyl halides is 3. The molecule has 0 saturated carbocycles. The Morgan fingerprint density at radius 1 is 1.20 bits per heavy atom. The third-order valence-corrected chi connectivity index (χ3v) is 4.95. The van der Waals surface area contributed by atoms with Gasteiger partial charge in [-0.15, -0.1) is 0 Å². The minimum absolute atomic E-state index is 0.218. The van der Waals surface area contributed by atoms with Crippen molar-refractivity contribution in [3.8, 4) is 11.6 Å². The Labute approximate surface area is 166 Å². The molecular formula is C16H13Cl2F3INO2. The van der Waals surface area contributed by atoms with Crippen molar-refractivity contribution in [2.45, 2.75) is 12.6 Å². The van der Waals surface area contributed by atoms with E-state index in [1.165, 1.54) is 31.5 Å². The predicted octanol–water partition coefficient (Wildman–Crippen LogP) is 5.80. The molecule has 0 aliphatic rings. The van der Waals surface area contributed by atoms with E-state index in [1.807, 2.05) is 22.6 Å². The fourth-order valence-corrected chi connectivity index (χ4v) is 2.91. The van der Waals surface area contributed by atoms with Gasteiger partial charge in [-0.25, -0.2) is 4.98 Å². The van der Waals surface area contributed by atoms with Crippen molar-refractivity contribution in [3.05, 3.63) is 49.6 Å². The van der Waals surface area contributed by atoms with E-state index >= 15 is 0 Å². The van der Waals surface area contributed by atoms with Gasteiger partial charge in [0, 0.05) is 6.07 Å². The minimum atomic E-state index is -4.42. The molecule has 136 valence electrons. The number of rotatable bonds is 6. The molecule has 0 aliphatic carbocycles. The third-order valence-electron chi connectivity index (χ3n) is 3.37. The highest BCUT2D eigenvalue weighted by atomic mass is 127. The van der Waals surface area contributed by atoms with Crippen molar-refractivity contribution < 1.29 is 22.6 Å². The number of methoxy groups -OCH3 is 1. The lowest BCUT2D eigenvalue weighted by atomic mass is 9.99. The van der Waals surface area contributed by atoms with Crippen LogP contribution in [0.2, 0.25) is 10.0 Å². The van der Waals surface area contributed by atoms with Gasteiger partial charge in [-0.05, 0) is 46.7 Å². The molecule has 9 heteroatoms. The molecule has 1 heterocycles. The smallest absolute Gasteiger partial charge is 0.395 e. The van der Waals surface area contributed by atoms with Crippen LogP contribution in [0.1, 0.15) is 5.56 Å². The second-order valence-electron chi connectivity index (χ2n) is 5.16. The summed E-state index contributed by atoms with van der Waals surface area (Å²) in [6, 6.07) is 6.01. The van der Waals surface area contributed by atoms with Gasteiger partial charge in [-0.3, -0.25) is 0 Å². The normalized spacial score (nSPS) is 12.8. The van der Waals surface area contributed by atoms with Gasteiger partial charge < -0.3 is 9.47 Å². The maximum atomic E-state index is 13.3. The van der Waals surface area contributed by atoms with Crippen LogP contribution in [0.4, 0.5) is 13.2 Å². The van der Waals surface area contributed by atoms with Gasteiger partial charge in [-0.2, -0.15) is 13.2 Å². The van der Waals surface area contributed by atoms with Crippen LogP contribution >= 0.6 is 45.8 Å². The van der Waals surface area contributed by atoms with Gasteiger partial charge in [0.2, 0.25) is 5.88 Å². The first-order chi connectivity index (χ1) is 11.7.